The van der Waals surface area contributed by atoms with Crippen LogP contribution >= 0.6 is 0 Å². The van der Waals surface area contributed by atoms with Crippen LogP contribution in [0.25, 0.3) is 0 Å². The standard InChI is InChI=1S/C9H11FO3/c1-6(11)9(12)13-8-4-2-3-7(10)5-8/h2-6,9,11-12H,1H3/t6-,9-/m1/s1. The van der Waals surface area contributed by atoms with Crippen LogP contribution in [0.5, 0.6) is 5.75 Å². The van der Waals surface area contributed by atoms with Gasteiger partial charge in [-0.3, -0.25) is 0 Å². The van der Waals surface area contributed by atoms with Crippen molar-refractivity contribution < 1.29 is 19.3 Å². The van der Waals surface area contributed by atoms with Crippen LogP contribution in [0.3, 0.4) is 0 Å². The van der Waals surface area contributed by atoms with E-state index in [1.807, 2.05) is 0 Å². The number of hydrogen-bond donors (Lipinski definition) is 2. The first-order chi connectivity index (χ1) is 6.09. The number of hydrogen-bond acceptors (Lipinski definition) is 3. The monoisotopic (exact) mass is 186 g/mol. The number of rotatable bonds is 3. The molecule has 0 unspecified atom stereocenters. The zero-order valence-corrected chi connectivity index (χ0v) is 7.14. The molecule has 0 bridgehead atoms. The van der Waals surface area contributed by atoms with E-state index in [9.17, 15) is 4.39 Å². The maximum absolute atomic E-state index is 12.6. The molecule has 2 N–H and O–H groups in total. The van der Waals surface area contributed by atoms with Crippen molar-refractivity contribution in [1.82, 2.24) is 0 Å². The molecule has 0 aromatic heterocycles. The van der Waals surface area contributed by atoms with Crippen molar-refractivity contribution in [2.75, 3.05) is 0 Å². The lowest BCUT2D eigenvalue weighted by Gasteiger charge is -2.15. The lowest BCUT2D eigenvalue weighted by atomic mass is 10.3. The molecule has 1 aromatic carbocycles. The number of benzene rings is 1. The third-order valence-corrected chi connectivity index (χ3v) is 1.47. The molecule has 0 amide bonds. The van der Waals surface area contributed by atoms with Crippen LogP contribution in [0.4, 0.5) is 4.39 Å². The van der Waals surface area contributed by atoms with E-state index in [-0.39, 0.29) is 5.75 Å². The van der Waals surface area contributed by atoms with Gasteiger partial charge in [0.15, 0.2) is 0 Å². The molecule has 0 aliphatic heterocycles. The van der Waals surface area contributed by atoms with Gasteiger partial charge in [-0.15, -0.1) is 0 Å². The maximum atomic E-state index is 12.6. The van der Waals surface area contributed by atoms with Gasteiger partial charge in [-0.1, -0.05) is 6.07 Å². The third-order valence-electron chi connectivity index (χ3n) is 1.47. The molecule has 4 heteroatoms. The van der Waals surface area contributed by atoms with Crippen LogP contribution in [-0.2, 0) is 0 Å². The smallest absolute Gasteiger partial charge is 0.223 e. The topological polar surface area (TPSA) is 49.7 Å². The fourth-order valence-corrected chi connectivity index (χ4v) is 0.778. The van der Waals surface area contributed by atoms with E-state index >= 15 is 0 Å². The maximum Gasteiger partial charge on any atom is 0.223 e. The number of halogens is 1. The molecule has 13 heavy (non-hydrogen) atoms. The Morgan fingerprint density at radius 3 is 2.62 bits per heavy atom. The zero-order valence-electron chi connectivity index (χ0n) is 7.14. The summed E-state index contributed by atoms with van der Waals surface area (Å²) in [6.45, 7) is 1.38. The fraction of sp³-hybridized carbons (Fsp3) is 0.333. The average molecular weight is 186 g/mol. The van der Waals surface area contributed by atoms with Crippen molar-refractivity contribution in [1.29, 1.82) is 0 Å². The molecule has 2 atom stereocenters. The Bertz CT molecular complexity index is 275. The molecule has 0 spiro atoms. The van der Waals surface area contributed by atoms with Crippen LogP contribution in [0.15, 0.2) is 24.3 Å². The molecule has 1 aromatic rings. The molecular formula is C9H11FO3. The minimum Gasteiger partial charge on any atom is -0.462 e. The van der Waals surface area contributed by atoms with Gasteiger partial charge < -0.3 is 14.9 Å². The summed E-state index contributed by atoms with van der Waals surface area (Å²) in [5.74, 6) is -0.260. The quantitative estimate of drug-likeness (QED) is 0.689. The zero-order chi connectivity index (χ0) is 9.84. The van der Waals surface area contributed by atoms with E-state index in [1.54, 1.807) is 0 Å². The summed E-state index contributed by atoms with van der Waals surface area (Å²) in [4.78, 5) is 0. The van der Waals surface area contributed by atoms with E-state index in [2.05, 4.69) is 0 Å². The van der Waals surface area contributed by atoms with E-state index in [4.69, 9.17) is 14.9 Å². The molecule has 0 aliphatic rings. The summed E-state index contributed by atoms with van der Waals surface area (Å²) in [5, 5.41) is 18.0. The van der Waals surface area contributed by atoms with Crippen LogP contribution in [0.2, 0.25) is 0 Å². The predicted octanol–water partition coefficient (Wildman–Crippen LogP) is 0.904. The van der Waals surface area contributed by atoms with Crippen molar-refractivity contribution in [2.24, 2.45) is 0 Å². The molecule has 1 rings (SSSR count). The largest absolute Gasteiger partial charge is 0.462 e. The Hall–Kier alpha value is -1.13. The molecule has 72 valence electrons. The van der Waals surface area contributed by atoms with Crippen LogP contribution < -0.4 is 4.74 Å². The van der Waals surface area contributed by atoms with Gasteiger partial charge in [-0.25, -0.2) is 4.39 Å². The first-order valence-corrected chi connectivity index (χ1v) is 3.88. The van der Waals surface area contributed by atoms with Gasteiger partial charge in [0.05, 0.1) is 0 Å². The Morgan fingerprint density at radius 1 is 1.38 bits per heavy atom. The summed E-state index contributed by atoms with van der Waals surface area (Å²) >= 11 is 0. The minimum absolute atomic E-state index is 0.188. The van der Waals surface area contributed by atoms with Gasteiger partial charge in [0.2, 0.25) is 6.29 Å². The van der Waals surface area contributed by atoms with Crippen LogP contribution in [0.1, 0.15) is 6.92 Å². The Morgan fingerprint density at radius 2 is 2.08 bits per heavy atom. The van der Waals surface area contributed by atoms with Gasteiger partial charge >= 0.3 is 0 Å². The predicted molar refractivity (Wildman–Crippen MR) is 44.7 cm³/mol. The van der Waals surface area contributed by atoms with Gasteiger partial charge in [0, 0.05) is 6.07 Å². The Balaban J connectivity index is 2.64. The van der Waals surface area contributed by atoms with Crippen molar-refractivity contribution in [3.63, 3.8) is 0 Å². The molecule has 0 radical (unpaired) electrons. The van der Waals surface area contributed by atoms with Crippen molar-refractivity contribution >= 4 is 0 Å². The van der Waals surface area contributed by atoms with Gasteiger partial charge in [0.25, 0.3) is 0 Å². The summed E-state index contributed by atoms with van der Waals surface area (Å²) < 4.78 is 17.4. The fourth-order valence-electron chi connectivity index (χ4n) is 0.778. The SMILES string of the molecule is C[C@@H](O)[C@H](O)Oc1cccc(F)c1. The molecular weight excluding hydrogens is 175 g/mol. The summed E-state index contributed by atoms with van der Waals surface area (Å²) in [6, 6.07) is 5.35. The van der Waals surface area contributed by atoms with Crippen molar-refractivity contribution in [3.8, 4) is 5.75 Å². The summed E-state index contributed by atoms with van der Waals surface area (Å²) in [6.07, 6.45) is -2.34. The molecule has 0 fully saturated rings. The molecule has 0 saturated carbocycles. The van der Waals surface area contributed by atoms with Crippen LogP contribution in [-0.4, -0.2) is 22.6 Å². The summed E-state index contributed by atoms with van der Waals surface area (Å²) in [5.41, 5.74) is 0. The lowest BCUT2D eigenvalue weighted by molar-refractivity contribution is -0.0960. The van der Waals surface area contributed by atoms with Crippen molar-refractivity contribution in [3.05, 3.63) is 30.1 Å². The summed E-state index contributed by atoms with van der Waals surface area (Å²) in [7, 11) is 0. The normalized spacial score (nSPS) is 15.1. The Labute approximate surface area is 75.4 Å². The number of aliphatic hydroxyl groups is 2. The first-order valence-electron chi connectivity index (χ1n) is 3.88. The third kappa shape index (κ3) is 3.01. The number of ether oxygens (including phenoxy) is 1. The lowest BCUT2D eigenvalue weighted by Crippen LogP contribution is -2.28. The highest BCUT2D eigenvalue weighted by atomic mass is 19.1. The second-order valence-corrected chi connectivity index (χ2v) is 2.71. The van der Waals surface area contributed by atoms with Crippen molar-refractivity contribution in [2.45, 2.75) is 19.3 Å². The van der Waals surface area contributed by atoms with Crippen LogP contribution in [0, 0.1) is 5.82 Å². The molecule has 0 heterocycles. The Kier molecular flexibility index (Phi) is 3.22. The second kappa shape index (κ2) is 4.20. The van der Waals surface area contributed by atoms with E-state index < -0.39 is 18.2 Å². The number of aliphatic hydroxyl groups excluding tert-OH is 2. The first kappa shape index (κ1) is 9.95. The van der Waals surface area contributed by atoms with Gasteiger partial charge in [0.1, 0.15) is 17.7 Å². The van der Waals surface area contributed by atoms with Gasteiger partial charge in [-0.2, -0.15) is 0 Å². The molecule has 0 aliphatic carbocycles. The van der Waals surface area contributed by atoms with Gasteiger partial charge in [-0.05, 0) is 19.1 Å². The highest BCUT2D eigenvalue weighted by Gasteiger charge is 2.12. The van der Waals surface area contributed by atoms with E-state index in [1.165, 1.54) is 25.1 Å². The molecule has 3 nitrogen and oxygen atoms in total. The highest BCUT2D eigenvalue weighted by molar-refractivity contribution is 5.22. The van der Waals surface area contributed by atoms with E-state index in [0.717, 1.165) is 6.07 Å². The van der Waals surface area contributed by atoms with E-state index in [0.29, 0.717) is 0 Å². The highest BCUT2D eigenvalue weighted by Crippen LogP contribution is 2.13. The average Bonchev–Trinajstić information content (AvgIpc) is 2.04. The molecule has 0 saturated heterocycles. The minimum atomic E-state index is -1.33. The second-order valence-electron chi connectivity index (χ2n) is 2.71.